The number of alkyl halides is 17. The molecule has 1 amide bonds. The normalized spacial score (nSPS) is 18.1. The summed E-state index contributed by atoms with van der Waals surface area (Å²) in [6.45, 7) is 0. The highest BCUT2D eigenvalue weighted by Gasteiger charge is 2.85. The summed E-state index contributed by atoms with van der Waals surface area (Å²) in [4.78, 5) is 14.4. The highest BCUT2D eigenvalue weighted by atomic mass is 32.1. The zero-order valence-electron chi connectivity index (χ0n) is 15.2. The van der Waals surface area contributed by atoms with Crippen molar-refractivity contribution < 1.29 is 88.9 Å². The predicted molar refractivity (Wildman–Crippen MR) is 73.6 cm³/mol. The Morgan fingerprint density at radius 3 is 1.54 bits per heavy atom. The van der Waals surface area contributed by atoms with E-state index in [1.54, 1.807) is 0 Å². The predicted octanol–water partition coefficient (Wildman–Crippen LogP) is 5.95. The van der Waals surface area contributed by atoms with E-state index in [0.717, 1.165) is 10.7 Å². The Kier molecular flexibility index (Phi) is 7.71. The number of carbonyl (C=O) groups is 1. The fourth-order valence-corrected chi connectivity index (χ4v) is 2.15. The molecule has 1 heterocycles. The number of nitrogens with one attached hydrogen (secondary N) is 1. The van der Waals surface area contributed by atoms with Crippen molar-refractivity contribution >= 4 is 22.4 Å². The van der Waals surface area contributed by atoms with Crippen molar-refractivity contribution in [3.05, 3.63) is 11.6 Å². The second kappa shape index (κ2) is 8.74. The standard InChI is InChI=1S/C12H3F17N2O3S/c13-5(8(17,18)19,3(32)31-4-30-1-2-35-4)33-12(28,29)7(16,10(23,24)25)34-11(26,27)6(14,15)9(20,21)22/h1-2H,(H,30,31,32)/t5-,7+/m0/s1. The highest BCUT2D eigenvalue weighted by Crippen LogP contribution is 2.56. The lowest BCUT2D eigenvalue weighted by molar-refractivity contribution is -0.548. The highest BCUT2D eigenvalue weighted by molar-refractivity contribution is 7.13. The van der Waals surface area contributed by atoms with E-state index in [1.807, 2.05) is 4.74 Å². The molecule has 0 aliphatic carbocycles. The molecule has 0 fully saturated rings. The minimum atomic E-state index is -8.05. The van der Waals surface area contributed by atoms with Gasteiger partial charge < -0.3 is 0 Å². The monoisotopic (exact) mass is 578 g/mol. The van der Waals surface area contributed by atoms with Gasteiger partial charge in [-0.05, 0) is 0 Å². The molecule has 0 saturated carbocycles. The first-order valence-corrected chi connectivity index (χ1v) is 8.37. The number of nitrogens with zero attached hydrogens (tertiary/aromatic N) is 1. The minimum absolute atomic E-state index is 0.131. The van der Waals surface area contributed by atoms with E-state index in [-0.39, 0.29) is 11.3 Å². The Bertz CT molecular complexity index is 896. The molecule has 0 saturated heterocycles. The van der Waals surface area contributed by atoms with Gasteiger partial charge in [0, 0.05) is 11.6 Å². The molecule has 0 unspecified atom stereocenters. The molecule has 2 atom stereocenters. The lowest BCUT2D eigenvalue weighted by Crippen LogP contribution is -2.68. The van der Waals surface area contributed by atoms with Gasteiger partial charge in [0.15, 0.2) is 5.13 Å². The summed E-state index contributed by atoms with van der Waals surface area (Å²) in [7, 11) is 0. The van der Waals surface area contributed by atoms with Gasteiger partial charge in [-0.25, -0.2) is 4.98 Å². The first-order chi connectivity index (χ1) is 15.2. The summed E-state index contributed by atoms with van der Waals surface area (Å²) < 4.78 is 224. The van der Waals surface area contributed by atoms with Gasteiger partial charge in [-0.15, -0.1) is 11.3 Å². The van der Waals surface area contributed by atoms with Gasteiger partial charge in [-0.2, -0.15) is 74.6 Å². The molecular formula is C12H3F17N2O3S. The summed E-state index contributed by atoms with van der Waals surface area (Å²) in [5.41, 5.74) is 0. The van der Waals surface area contributed by atoms with E-state index in [0.29, 0.717) is 6.20 Å². The van der Waals surface area contributed by atoms with Crippen LogP contribution < -0.4 is 5.32 Å². The number of thiazole rings is 1. The molecule has 35 heavy (non-hydrogen) atoms. The molecule has 1 aromatic heterocycles. The number of amides is 1. The number of carbonyl (C=O) groups excluding carboxylic acids is 1. The molecule has 0 aromatic carbocycles. The van der Waals surface area contributed by atoms with Crippen molar-refractivity contribution in [3.63, 3.8) is 0 Å². The summed E-state index contributed by atoms with van der Waals surface area (Å²) in [5.74, 6) is -26.3. The van der Waals surface area contributed by atoms with E-state index in [2.05, 4.69) is 4.98 Å². The second-order valence-corrected chi connectivity index (χ2v) is 6.68. The van der Waals surface area contributed by atoms with Crippen molar-refractivity contribution in [2.75, 3.05) is 5.32 Å². The lowest BCUT2D eigenvalue weighted by Gasteiger charge is -2.40. The molecular weight excluding hydrogens is 575 g/mol. The van der Waals surface area contributed by atoms with Crippen LogP contribution >= 0.6 is 11.3 Å². The quantitative estimate of drug-likeness (QED) is 0.388. The lowest BCUT2D eigenvalue weighted by atomic mass is 10.2. The van der Waals surface area contributed by atoms with Gasteiger partial charge in [0.1, 0.15) is 0 Å². The number of anilines is 1. The number of rotatable bonds is 8. The maximum Gasteiger partial charge on any atom is 0.462 e. The fraction of sp³-hybridized carbons (Fsp3) is 0.667. The van der Waals surface area contributed by atoms with E-state index < -0.39 is 59.4 Å². The van der Waals surface area contributed by atoms with Crippen LogP contribution in [0.4, 0.5) is 79.8 Å². The maximum absolute atomic E-state index is 14.2. The molecule has 0 aliphatic heterocycles. The smallest absolute Gasteiger partial charge is 0.297 e. The minimum Gasteiger partial charge on any atom is -0.297 e. The van der Waals surface area contributed by atoms with Gasteiger partial charge in [-0.3, -0.25) is 19.6 Å². The molecule has 0 bridgehead atoms. The largest absolute Gasteiger partial charge is 0.462 e. The van der Waals surface area contributed by atoms with Crippen molar-refractivity contribution in [1.82, 2.24) is 4.98 Å². The summed E-state index contributed by atoms with van der Waals surface area (Å²) in [6.07, 6.45) is -37.9. The first-order valence-electron chi connectivity index (χ1n) is 7.49. The first kappa shape index (κ1) is 30.9. The van der Waals surface area contributed by atoms with Crippen LogP contribution in [0.5, 0.6) is 0 Å². The van der Waals surface area contributed by atoms with Crippen LogP contribution in [0.15, 0.2) is 11.6 Å². The van der Waals surface area contributed by atoms with Gasteiger partial charge in [0.25, 0.3) is 0 Å². The Hall–Kier alpha value is -2.17. The van der Waals surface area contributed by atoms with Crippen LogP contribution in [-0.4, -0.2) is 59.3 Å². The number of hydrogen-bond acceptors (Lipinski definition) is 5. The van der Waals surface area contributed by atoms with Gasteiger partial charge in [-0.1, -0.05) is 0 Å². The van der Waals surface area contributed by atoms with E-state index in [9.17, 15) is 79.4 Å². The molecule has 0 radical (unpaired) electrons. The Morgan fingerprint density at radius 1 is 0.714 bits per heavy atom. The van der Waals surface area contributed by atoms with Crippen molar-refractivity contribution in [2.45, 2.75) is 48.4 Å². The van der Waals surface area contributed by atoms with E-state index >= 15 is 0 Å². The molecule has 1 N–H and O–H groups in total. The third-order valence-corrected chi connectivity index (χ3v) is 4.00. The summed E-state index contributed by atoms with van der Waals surface area (Å²) in [6, 6.07) is 0. The Labute approximate surface area is 182 Å². The topological polar surface area (TPSA) is 60.5 Å². The van der Waals surface area contributed by atoms with Gasteiger partial charge >= 0.3 is 54.3 Å². The fourth-order valence-electron chi connectivity index (χ4n) is 1.63. The van der Waals surface area contributed by atoms with Crippen molar-refractivity contribution in [3.8, 4) is 0 Å². The van der Waals surface area contributed by atoms with Crippen LogP contribution in [0, 0.1) is 0 Å². The van der Waals surface area contributed by atoms with Crippen molar-refractivity contribution in [1.29, 1.82) is 0 Å². The Balaban J connectivity index is 3.60. The van der Waals surface area contributed by atoms with E-state index in [4.69, 9.17) is 0 Å². The molecule has 1 aromatic rings. The second-order valence-electron chi connectivity index (χ2n) is 5.79. The third kappa shape index (κ3) is 5.49. The average molecular weight is 578 g/mol. The van der Waals surface area contributed by atoms with Crippen LogP contribution in [-0.2, 0) is 14.3 Å². The molecule has 0 aliphatic rings. The molecule has 5 nitrogen and oxygen atoms in total. The van der Waals surface area contributed by atoms with Crippen molar-refractivity contribution in [2.24, 2.45) is 0 Å². The van der Waals surface area contributed by atoms with Gasteiger partial charge in [0.05, 0.1) is 0 Å². The third-order valence-electron chi connectivity index (χ3n) is 3.31. The number of aromatic nitrogens is 1. The molecule has 1 rings (SSSR count). The number of halogens is 17. The number of hydrogen-bond donors (Lipinski definition) is 1. The molecule has 23 heteroatoms. The number of ether oxygens (including phenoxy) is 2. The summed E-state index contributed by atoms with van der Waals surface area (Å²) in [5, 5.41) is 0.486. The molecule has 0 spiro atoms. The van der Waals surface area contributed by atoms with Gasteiger partial charge in [0.2, 0.25) is 0 Å². The SMILES string of the molecule is O=C(Nc1nccs1)[C@](F)(OC(F)(F)[C@](F)(OC(F)(F)C(F)(F)C(F)(F)F)C(F)(F)F)C(F)(F)F. The summed E-state index contributed by atoms with van der Waals surface area (Å²) >= 11 is 0.131. The van der Waals surface area contributed by atoms with E-state index in [1.165, 1.54) is 4.74 Å². The van der Waals surface area contributed by atoms with Crippen LogP contribution in [0.3, 0.4) is 0 Å². The zero-order chi connectivity index (χ0) is 28.1. The average Bonchev–Trinajstić information content (AvgIpc) is 3.10. The molecule has 204 valence electrons. The maximum atomic E-state index is 14.2. The van der Waals surface area contributed by atoms with Crippen LogP contribution in [0.25, 0.3) is 0 Å². The zero-order valence-corrected chi connectivity index (χ0v) is 16.0. The van der Waals surface area contributed by atoms with Crippen LogP contribution in [0.2, 0.25) is 0 Å². The Morgan fingerprint density at radius 2 is 1.20 bits per heavy atom. The van der Waals surface area contributed by atoms with Crippen LogP contribution in [0.1, 0.15) is 0 Å².